The Kier molecular flexibility index (Phi) is 4.33. The molecule has 2 rings (SSSR count). The molecule has 18 heavy (non-hydrogen) atoms. The van der Waals surface area contributed by atoms with E-state index in [1.54, 1.807) is 13.2 Å². The maximum absolute atomic E-state index is 9.51. The predicted octanol–water partition coefficient (Wildman–Crippen LogP) is 0.745. The quantitative estimate of drug-likeness (QED) is 0.663. The van der Waals surface area contributed by atoms with Gasteiger partial charge in [-0.2, -0.15) is 0 Å². The highest BCUT2D eigenvalue weighted by Crippen LogP contribution is 2.38. The first-order chi connectivity index (χ1) is 8.69. The summed E-state index contributed by atoms with van der Waals surface area (Å²) in [5.41, 5.74) is 5.74. The van der Waals surface area contributed by atoms with Gasteiger partial charge in [0, 0.05) is 25.6 Å². The van der Waals surface area contributed by atoms with Gasteiger partial charge in [0.2, 0.25) is 0 Å². The number of ether oxygens (including phenoxy) is 1. The predicted molar refractivity (Wildman–Crippen MR) is 69.4 cm³/mol. The third kappa shape index (κ3) is 3.82. The first-order valence-corrected chi connectivity index (χ1v) is 6.24. The Bertz CT molecular complexity index is 396. The first kappa shape index (κ1) is 13.0. The van der Waals surface area contributed by atoms with Crippen LogP contribution >= 0.6 is 0 Å². The van der Waals surface area contributed by atoms with Gasteiger partial charge < -0.3 is 20.9 Å². The number of nitrogens with one attached hydrogen (secondary N) is 1. The summed E-state index contributed by atoms with van der Waals surface area (Å²) in [6.07, 6.45) is 2.45. The summed E-state index contributed by atoms with van der Waals surface area (Å²) in [4.78, 5) is 8.65. The Hall–Kier alpha value is -1.40. The Labute approximate surface area is 107 Å². The first-order valence-electron chi connectivity index (χ1n) is 6.24. The van der Waals surface area contributed by atoms with Crippen molar-refractivity contribution in [1.29, 1.82) is 0 Å². The summed E-state index contributed by atoms with van der Waals surface area (Å²) in [5, 5.41) is 12.7. The third-order valence-electron chi connectivity index (χ3n) is 2.85. The molecule has 0 amide bonds. The zero-order chi connectivity index (χ0) is 13.0. The zero-order valence-electron chi connectivity index (χ0n) is 10.6. The summed E-state index contributed by atoms with van der Waals surface area (Å²) in [7, 11) is 1.57. The molecule has 1 unspecified atom stereocenters. The maximum Gasteiger partial charge on any atom is 0.136 e. The van der Waals surface area contributed by atoms with E-state index in [0.717, 1.165) is 24.5 Å². The minimum Gasteiger partial charge on any atom is -0.391 e. The Morgan fingerprint density at radius 1 is 1.56 bits per heavy atom. The summed E-state index contributed by atoms with van der Waals surface area (Å²) < 4.78 is 4.86. The van der Waals surface area contributed by atoms with Gasteiger partial charge in [0.25, 0.3) is 0 Å². The van der Waals surface area contributed by atoms with Gasteiger partial charge in [-0.15, -0.1) is 0 Å². The summed E-state index contributed by atoms with van der Waals surface area (Å²) in [5.74, 6) is 2.53. The molecule has 100 valence electrons. The smallest absolute Gasteiger partial charge is 0.136 e. The molecule has 0 spiro atoms. The molecule has 1 aliphatic rings. The summed E-state index contributed by atoms with van der Waals surface area (Å²) in [6, 6.07) is 1.72. The minimum absolute atomic E-state index is 0.348. The fourth-order valence-electron chi connectivity index (χ4n) is 1.74. The molecule has 4 N–H and O–H groups in total. The van der Waals surface area contributed by atoms with Crippen molar-refractivity contribution >= 4 is 11.6 Å². The van der Waals surface area contributed by atoms with Gasteiger partial charge in [-0.1, -0.05) is 0 Å². The van der Waals surface area contributed by atoms with E-state index in [4.69, 9.17) is 10.5 Å². The van der Waals surface area contributed by atoms with Crippen LogP contribution in [0.25, 0.3) is 0 Å². The number of aliphatic hydroxyl groups is 1. The lowest BCUT2D eigenvalue weighted by molar-refractivity contribution is 0.0615. The van der Waals surface area contributed by atoms with Crippen LogP contribution in [0.5, 0.6) is 0 Å². The van der Waals surface area contributed by atoms with E-state index in [0.29, 0.717) is 31.3 Å². The van der Waals surface area contributed by atoms with Gasteiger partial charge in [0.1, 0.15) is 17.5 Å². The molecule has 1 fully saturated rings. The molecular formula is C12H20N4O2. The molecule has 1 heterocycles. The molecule has 1 aromatic heterocycles. The molecule has 0 aliphatic heterocycles. The zero-order valence-corrected chi connectivity index (χ0v) is 10.6. The molecule has 1 atom stereocenters. The van der Waals surface area contributed by atoms with E-state index in [-0.39, 0.29) is 0 Å². The second-order valence-electron chi connectivity index (χ2n) is 4.64. The highest BCUT2D eigenvalue weighted by atomic mass is 16.5. The number of aromatic nitrogens is 2. The average molecular weight is 252 g/mol. The molecule has 1 aliphatic carbocycles. The number of anilines is 2. The van der Waals surface area contributed by atoms with E-state index >= 15 is 0 Å². The molecule has 0 aromatic carbocycles. The van der Waals surface area contributed by atoms with Crippen molar-refractivity contribution in [3.63, 3.8) is 0 Å². The number of rotatable bonds is 7. The number of nitrogens with zero attached hydrogens (tertiary/aromatic N) is 2. The highest BCUT2D eigenvalue weighted by Gasteiger charge is 2.27. The fraction of sp³-hybridized carbons (Fsp3) is 0.667. The van der Waals surface area contributed by atoms with Crippen LogP contribution in [0.15, 0.2) is 6.07 Å². The van der Waals surface area contributed by atoms with Crippen molar-refractivity contribution in [2.45, 2.75) is 31.3 Å². The highest BCUT2D eigenvalue weighted by molar-refractivity contribution is 5.45. The SMILES string of the molecule is COCC(O)CCNc1cc(N)nc(C2CC2)n1. The van der Waals surface area contributed by atoms with E-state index in [1.165, 1.54) is 0 Å². The van der Waals surface area contributed by atoms with Crippen LogP contribution < -0.4 is 11.1 Å². The van der Waals surface area contributed by atoms with E-state index < -0.39 is 6.10 Å². The molecule has 0 radical (unpaired) electrons. The van der Waals surface area contributed by atoms with Crippen LogP contribution in [0.1, 0.15) is 31.0 Å². The minimum atomic E-state index is -0.454. The van der Waals surface area contributed by atoms with Crippen LogP contribution in [-0.4, -0.2) is 41.4 Å². The summed E-state index contributed by atoms with van der Waals surface area (Å²) >= 11 is 0. The van der Waals surface area contributed by atoms with Crippen LogP contribution in [-0.2, 0) is 4.74 Å². The number of nitrogens with two attached hydrogens (primary N) is 1. The molecule has 1 aromatic rings. The standard InChI is InChI=1S/C12H20N4O2/c1-18-7-9(17)4-5-14-11-6-10(13)15-12(16-11)8-2-3-8/h6,8-9,17H,2-5,7H2,1H3,(H3,13,14,15,16). The normalized spacial score (nSPS) is 16.6. The Morgan fingerprint density at radius 2 is 2.33 bits per heavy atom. The lowest BCUT2D eigenvalue weighted by Gasteiger charge is -2.11. The van der Waals surface area contributed by atoms with Crippen LogP contribution in [0.3, 0.4) is 0 Å². The van der Waals surface area contributed by atoms with Gasteiger partial charge in [-0.25, -0.2) is 9.97 Å². The fourth-order valence-corrected chi connectivity index (χ4v) is 1.74. The van der Waals surface area contributed by atoms with Gasteiger partial charge in [-0.05, 0) is 19.3 Å². The van der Waals surface area contributed by atoms with E-state index in [1.807, 2.05) is 0 Å². The van der Waals surface area contributed by atoms with Crippen molar-refractivity contribution in [1.82, 2.24) is 9.97 Å². The number of hydrogen-bond donors (Lipinski definition) is 3. The third-order valence-corrected chi connectivity index (χ3v) is 2.85. The second-order valence-corrected chi connectivity index (χ2v) is 4.64. The second kappa shape index (κ2) is 5.97. The van der Waals surface area contributed by atoms with Crippen LogP contribution in [0, 0.1) is 0 Å². The lowest BCUT2D eigenvalue weighted by Crippen LogP contribution is -2.19. The van der Waals surface area contributed by atoms with Gasteiger partial charge in [0.15, 0.2) is 0 Å². The molecule has 6 heteroatoms. The van der Waals surface area contributed by atoms with E-state index in [2.05, 4.69) is 15.3 Å². The van der Waals surface area contributed by atoms with Crippen molar-refractivity contribution in [2.75, 3.05) is 31.3 Å². The largest absolute Gasteiger partial charge is 0.391 e. The van der Waals surface area contributed by atoms with Gasteiger partial charge in [0.05, 0.1) is 12.7 Å². The molecule has 0 bridgehead atoms. The Balaban J connectivity index is 1.85. The van der Waals surface area contributed by atoms with E-state index in [9.17, 15) is 5.11 Å². The number of methoxy groups -OCH3 is 1. The lowest BCUT2D eigenvalue weighted by atomic mass is 10.2. The number of aliphatic hydroxyl groups excluding tert-OH is 1. The van der Waals surface area contributed by atoms with Gasteiger partial charge >= 0.3 is 0 Å². The van der Waals surface area contributed by atoms with Crippen molar-refractivity contribution in [3.05, 3.63) is 11.9 Å². The summed E-state index contributed by atoms with van der Waals surface area (Å²) in [6.45, 7) is 0.978. The molecule has 0 saturated heterocycles. The van der Waals surface area contributed by atoms with Crippen LogP contribution in [0.4, 0.5) is 11.6 Å². The Morgan fingerprint density at radius 3 is 3.00 bits per heavy atom. The van der Waals surface area contributed by atoms with Crippen molar-refractivity contribution in [2.24, 2.45) is 0 Å². The maximum atomic E-state index is 9.51. The average Bonchev–Trinajstić information content (AvgIpc) is 3.12. The molecule has 1 saturated carbocycles. The number of nitrogen functional groups attached to an aromatic ring is 1. The number of hydrogen-bond acceptors (Lipinski definition) is 6. The topological polar surface area (TPSA) is 93.3 Å². The van der Waals surface area contributed by atoms with Crippen molar-refractivity contribution in [3.8, 4) is 0 Å². The van der Waals surface area contributed by atoms with Gasteiger partial charge in [-0.3, -0.25) is 0 Å². The van der Waals surface area contributed by atoms with Crippen LogP contribution in [0.2, 0.25) is 0 Å². The molecular weight excluding hydrogens is 232 g/mol. The molecule has 6 nitrogen and oxygen atoms in total. The monoisotopic (exact) mass is 252 g/mol. The van der Waals surface area contributed by atoms with Crippen molar-refractivity contribution < 1.29 is 9.84 Å².